The van der Waals surface area contributed by atoms with E-state index in [1.54, 1.807) is 0 Å². The summed E-state index contributed by atoms with van der Waals surface area (Å²) in [4.78, 5) is 0. The van der Waals surface area contributed by atoms with Crippen LogP contribution in [0.5, 0.6) is 0 Å². The van der Waals surface area contributed by atoms with E-state index in [2.05, 4.69) is 121 Å². The molecule has 0 unspecified atom stereocenters. The van der Waals surface area contributed by atoms with Crippen LogP contribution < -0.4 is 0 Å². The van der Waals surface area contributed by atoms with Gasteiger partial charge in [-0.3, -0.25) is 0 Å². The van der Waals surface area contributed by atoms with Crippen molar-refractivity contribution in [2.75, 3.05) is 0 Å². The molecule has 0 nitrogen and oxygen atoms in total. The highest BCUT2D eigenvalue weighted by Crippen LogP contribution is 2.49. The maximum atomic E-state index is 2.43. The van der Waals surface area contributed by atoms with Crippen LogP contribution in [0.4, 0.5) is 0 Å². The zero-order valence-corrected chi connectivity index (χ0v) is 15.8. The Labute approximate surface area is 166 Å². The van der Waals surface area contributed by atoms with E-state index in [1.807, 2.05) is 0 Å². The molecule has 0 saturated carbocycles. The molecule has 134 valence electrons. The molecule has 1 aliphatic rings. The van der Waals surface area contributed by atoms with Crippen LogP contribution in [0.3, 0.4) is 0 Å². The lowest BCUT2D eigenvalue weighted by molar-refractivity contribution is 0.619. The quantitative estimate of drug-likeness (QED) is 0.375. The molecule has 0 aliphatic heterocycles. The van der Waals surface area contributed by atoms with Crippen molar-refractivity contribution in [2.45, 2.75) is 11.8 Å². The molecule has 0 heteroatoms. The summed E-state index contributed by atoms with van der Waals surface area (Å²) < 4.78 is 0. The highest BCUT2D eigenvalue weighted by atomic mass is 14.4. The summed E-state index contributed by atoms with van der Waals surface area (Å²) in [6, 6.07) is 41.5. The van der Waals surface area contributed by atoms with Gasteiger partial charge >= 0.3 is 0 Å². The van der Waals surface area contributed by atoms with Gasteiger partial charge in [0.1, 0.15) is 0 Å². The van der Waals surface area contributed by atoms with Gasteiger partial charge in [0.25, 0.3) is 0 Å². The standard InChI is InChI=1S/C28H22/c1-4-12-22(13-5-1)25-20-21-28(23-14-6-2-7-15-23,24-16-8-3-9-17-24)27-19-11-10-18-26(25)27/h1-20H,21H2. The molecular formula is C28H22. The smallest absolute Gasteiger partial charge is 0.0492 e. The average Bonchev–Trinajstić information content (AvgIpc) is 2.80. The van der Waals surface area contributed by atoms with Crippen LogP contribution in [0.1, 0.15) is 34.2 Å². The summed E-state index contributed by atoms with van der Waals surface area (Å²) in [7, 11) is 0. The number of allylic oxidation sites excluding steroid dienone is 1. The first-order valence-electron chi connectivity index (χ1n) is 9.86. The Morgan fingerprint density at radius 1 is 0.500 bits per heavy atom. The summed E-state index contributed by atoms with van der Waals surface area (Å²) in [6.45, 7) is 0. The van der Waals surface area contributed by atoms with Crippen molar-refractivity contribution in [1.82, 2.24) is 0 Å². The molecule has 1 aliphatic carbocycles. The maximum Gasteiger partial charge on any atom is 0.0492 e. The topological polar surface area (TPSA) is 0 Å². The lowest BCUT2D eigenvalue weighted by Crippen LogP contribution is -2.32. The molecule has 0 radical (unpaired) electrons. The predicted molar refractivity (Wildman–Crippen MR) is 117 cm³/mol. The van der Waals surface area contributed by atoms with Crippen molar-refractivity contribution in [1.29, 1.82) is 0 Å². The van der Waals surface area contributed by atoms with Crippen molar-refractivity contribution in [3.63, 3.8) is 0 Å². The summed E-state index contributed by atoms with van der Waals surface area (Å²) in [5.74, 6) is 0. The second-order valence-electron chi connectivity index (χ2n) is 7.37. The van der Waals surface area contributed by atoms with E-state index >= 15 is 0 Å². The number of benzene rings is 4. The van der Waals surface area contributed by atoms with Crippen LogP contribution in [0.25, 0.3) is 5.57 Å². The highest BCUT2D eigenvalue weighted by molar-refractivity contribution is 5.85. The molecule has 0 N–H and O–H groups in total. The molecular weight excluding hydrogens is 336 g/mol. The monoisotopic (exact) mass is 358 g/mol. The largest absolute Gasteiger partial charge is 0.0745 e. The van der Waals surface area contributed by atoms with Gasteiger partial charge in [-0.2, -0.15) is 0 Å². The zero-order valence-electron chi connectivity index (χ0n) is 15.8. The van der Waals surface area contributed by atoms with Crippen molar-refractivity contribution in [2.24, 2.45) is 0 Å². The van der Waals surface area contributed by atoms with E-state index in [9.17, 15) is 0 Å². The Hall–Kier alpha value is -3.38. The fraction of sp³-hybridized carbons (Fsp3) is 0.0714. The normalized spacial score (nSPS) is 14.8. The SMILES string of the molecule is C1=C(c2ccccc2)c2ccccc2C(c2ccccc2)(c2ccccc2)C1. The molecule has 0 fully saturated rings. The highest BCUT2D eigenvalue weighted by Gasteiger charge is 2.39. The van der Waals surface area contributed by atoms with Crippen LogP contribution in [0.2, 0.25) is 0 Å². The Kier molecular flexibility index (Phi) is 4.18. The number of fused-ring (bicyclic) bond motifs is 1. The van der Waals surface area contributed by atoms with E-state index in [0.29, 0.717) is 0 Å². The van der Waals surface area contributed by atoms with Crippen LogP contribution in [-0.2, 0) is 5.41 Å². The Morgan fingerprint density at radius 3 is 1.61 bits per heavy atom. The van der Waals surface area contributed by atoms with E-state index in [4.69, 9.17) is 0 Å². The molecule has 28 heavy (non-hydrogen) atoms. The number of hydrogen-bond donors (Lipinski definition) is 0. The van der Waals surface area contributed by atoms with Gasteiger partial charge in [-0.05, 0) is 39.8 Å². The van der Waals surface area contributed by atoms with Gasteiger partial charge in [0.2, 0.25) is 0 Å². The van der Waals surface area contributed by atoms with Crippen LogP contribution in [0, 0.1) is 0 Å². The van der Waals surface area contributed by atoms with Gasteiger partial charge in [0, 0.05) is 5.41 Å². The zero-order chi connectivity index (χ0) is 18.8. The minimum atomic E-state index is -0.169. The Balaban J connectivity index is 1.80. The molecule has 0 bridgehead atoms. The summed E-state index contributed by atoms with van der Waals surface area (Å²) in [5.41, 5.74) is 7.84. The van der Waals surface area contributed by atoms with Crippen LogP contribution in [0.15, 0.2) is 121 Å². The third kappa shape index (κ3) is 2.61. The van der Waals surface area contributed by atoms with E-state index < -0.39 is 0 Å². The van der Waals surface area contributed by atoms with E-state index in [-0.39, 0.29) is 5.41 Å². The molecule has 0 spiro atoms. The number of rotatable bonds is 3. The fourth-order valence-corrected chi connectivity index (χ4v) is 4.61. The van der Waals surface area contributed by atoms with Crippen molar-refractivity contribution in [3.05, 3.63) is 149 Å². The van der Waals surface area contributed by atoms with Crippen molar-refractivity contribution < 1.29 is 0 Å². The average molecular weight is 358 g/mol. The Bertz CT molecular complexity index is 1070. The second-order valence-corrected chi connectivity index (χ2v) is 7.37. The first-order chi connectivity index (χ1) is 13.9. The number of hydrogen-bond acceptors (Lipinski definition) is 0. The minimum Gasteiger partial charge on any atom is -0.0745 e. The minimum absolute atomic E-state index is 0.169. The summed E-state index contributed by atoms with van der Waals surface area (Å²) >= 11 is 0. The van der Waals surface area contributed by atoms with Gasteiger partial charge in [-0.25, -0.2) is 0 Å². The van der Waals surface area contributed by atoms with Gasteiger partial charge in [0.15, 0.2) is 0 Å². The first kappa shape index (κ1) is 16.8. The predicted octanol–water partition coefficient (Wildman–Crippen LogP) is 6.86. The molecule has 0 amide bonds. The van der Waals surface area contributed by atoms with E-state index in [1.165, 1.54) is 33.4 Å². The van der Waals surface area contributed by atoms with Gasteiger partial charge in [-0.15, -0.1) is 0 Å². The van der Waals surface area contributed by atoms with Gasteiger partial charge in [0.05, 0.1) is 0 Å². The molecule has 4 aromatic carbocycles. The molecule has 0 aromatic heterocycles. The third-order valence-corrected chi connectivity index (χ3v) is 5.91. The fourth-order valence-electron chi connectivity index (χ4n) is 4.61. The molecule has 4 aromatic rings. The molecule has 0 atom stereocenters. The summed E-state index contributed by atoms with van der Waals surface area (Å²) in [5, 5.41) is 0. The first-order valence-corrected chi connectivity index (χ1v) is 9.86. The molecule has 5 rings (SSSR count). The lowest BCUT2D eigenvalue weighted by atomic mass is 9.62. The van der Waals surface area contributed by atoms with Crippen LogP contribution >= 0.6 is 0 Å². The van der Waals surface area contributed by atoms with Gasteiger partial charge < -0.3 is 0 Å². The molecule has 0 saturated heterocycles. The van der Waals surface area contributed by atoms with E-state index in [0.717, 1.165) is 6.42 Å². The summed E-state index contributed by atoms with van der Waals surface area (Å²) in [6.07, 6.45) is 3.37. The lowest BCUT2D eigenvalue weighted by Gasteiger charge is -2.40. The van der Waals surface area contributed by atoms with Gasteiger partial charge in [-0.1, -0.05) is 121 Å². The van der Waals surface area contributed by atoms with Crippen molar-refractivity contribution in [3.8, 4) is 0 Å². The van der Waals surface area contributed by atoms with Crippen LogP contribution in [-0.4, -0.2) is 0 Å². The Morgan fingerprint density at radius 2 is 1.00 bits per heavy atom. The maximum absolute atomic E-state index is 2.43. The van der Waals surface area contributed by atoms with Crippen molar-refractivity contribution >= 4 is 5.57 Å². The third-order valence-electron chi connectivity index (χ3n) is 5.91. The second kappa shape index (κ2) is 6.98. The molecule has 0 heterocycles.